The summed E-state index contributed by atoms with van der Waals surface area (Å²) in [7, 11) is 0. The van der Waals surface area contributed by atoms with E-state index in [1.165, 1.54) is 6.20 Å². The summed E-state index contributed by atoms with van der Waals surface area (Å²) in [6, 6.07) is 1.70. The van der Waals surface area contributed by atoms with Gasteiger partial charge in [0.25, 0.3) is 5.91 Å². The smallest absolute Gasteiger partial charge is 0.252 e. The topological polar surface area (TPSA) is 62.2 Å². The molecule has 0 bridgehead atoms. The minimum absolute atomic E-state index is 0.0367. The van der Waals surface area contributed by atoms with Gasteiger partial charge in [0.1, 0.15) is 0 Å². The Bertz CT molecular complexity index is 458. The molecule has 0 unspecified atom stereocenters. The van der Waals surface area contributed by atoms with Crippen LogP contribution in [-0.2, 0) is 0 Å². The molecule has 0 fully saturated rings. The van der Waals surface area contributed by atoms with E-state index >= 15 is 0 Å². The number of aliphatic hydroxyl groups excluding tert-OH is 1. The van der Waals surface area contributed by atoms with Gasteiger partial charge in [-0.25, -0.2) is 0 Å². The molecular weight excluding hydrogens is 228 g/mol. The number of nitrogens with zero attached hydrogens (tertiary/aromatic N) is 1. The Morgan fingerprint density at radius 2 is 2.28 bits per heavy atom. The molecule has 4 heteroatoms. The number of pyridine rings is 1. The van der Waals surface area contributed by atoms with Gasteiger partial charge in [-0.05, 0) is 12.0 Å². The van der Waals surface area contributed by atoms with E-state index in [-0.39, 0.29) is 12.5 Å². The molecule has 0 atom stereocenters. The molecule has 0 aliphatic heterocycles. The van der Waals surface area contributed by atoms with Gasteiger partial charge < -0.3 is 10.4 Å². The third kappa shape index (κ3) is 4.98. The molecule has 0 saturated carbocycles. The number of aromatic nitrogens is 1. The second-order valence-corrected chi connectivity index (χ2v) is 4.34. The fourth-order valence-corrected chi connectivity index (χ4v) is 1.25. The van der Waals surface area contributed by atoms with Crippen LogP contribution in [0, 0.1) is 17.8 Å². The summed E-state index contributed by atoms with van der Waals surface area (Å²) in [4.78, 5) is 15.8. The van der Waals surface area contributed by atoms with E-state index in [1.54, 1.807) is 12.3 Å². The Labute approximate surface area is 107 Å². The first-order valence-corrected chi connectivity index (χ1v) is 5.96. The van der Waals surface area contributed by atoms with Crippen LogP contribution in [0.5, 0.6) is 0 Å². The Kier molecular flexibility index (Phi) is 5.89. The minimum Gasteiger partial charge on any atom is -0.395 e. The van der Waals surface area contributed by atoms with Gasteiger partial charge in [-0.3, -0.25) is 9.78 Å². The highest BCUT2D eigenvalue weighted by molar-refractivity contribution is 5.94. The summed E-state index contributed by atoms with van der Waals surface area (Å²) in [5.74, 6) is 5.92. The lowest BCUT2D eigenvalue weighted by atomic mass is 10.2. The van der Waals surface area contributed by atoms with E-state index in [0.717, 1.165) is 0 Å². The largest absolute Gasteiger partial charge is 0.395 e. The maximum absolute atomic E-state index is 11.8. The molecule has 0 aliphatic carbocycles. The molecule has 0 radical (unpaired) electrons. The zero-order valence-corrected chi connectivity index (χ0v) is 10.7. The number of amides is 1. The normalized spacial score (nSPS) is 9.78. The van der Waals surface area contributed by atoms with Crippen molar-refractivity contribution in [3.05, 3.63) is 29.6 Å². The van der Waals surface area contributed by atoms with Crippen LogP contribution in [0.2, 0.25) is 0 Å². The Morgan fingerprint density at radius 1 is 1.50 bits per heavy atom. The Hall–Kier alpha value is -1.86. The van der Waals surface area contributed by atoms with Crippen LogP contribution in [0.4, 0.5) is 0 Å². The van der Waals surface area contributed by atoms with Crippen molar-refractivity contribution in [1.29, 1.82) is 0 Å². The van der Waals surface area contributed by atoms with Gasteiger partial charge in [-0.1, -0.05) is 25.7 Å². The molecule has 0 saturated heterocycles. The summed E-state index contributed by atoms with van der Waals surface area (Å²) in [5.41, 5.74) is 1.19. The molecule has 1 aromatic heterocycles. The molecule has 2 N–H and O–H groups in total. The third-order valence-corrected chi connectivity index (χ3v) is 2.14. The molecule has 4 nitrogen and oxygen atoms in total. The lowest BCUT2D eigenvalue weighted by molar-refractivity contribution is 0.0948. The van der Waals surface area contributed by atoms with Gasteiger partial charge in [0.05, 0.1) is 12.2 Å². The van der Waals surface area contributed by atoms with Crippen molar-refractivity contribution in [1.82, 2.24) is 10.3 Å². The van der Waals surface area contributed by atoms with Gasteiger partial charge in [0.15, 0.2) is 0 Å². The van der Waals surface area contributed by atoms with E-state index in [0.29, 0.717) is 30.0 Å². The summed E-state index contributed by atoms with van der Waals surface area (Å²) in [5, 5.41) is 11.5. The summed E-state index contributed by atoms with van der Waals surface area (Å²) < 4.78 is 0. The number of nitrogens with one attached hydrogen (secondary N) is 1. The van der Waals surface area contributed by atoms with Crippen molar-refractivity contribution in [2.75, 3.05) is 13.2 Å². The maximum Gasteiger partial charge on any atom is 0.252 e. The monoisotopic (exact) mass is 246 g/mol. The molecule has 1 aromatic rings. The SMILES string of the molecule is CC(C)CNC(=O)c1cncc(C#CCCO)c1. The van der Waals surface area contributed by atoms with Crippen LogP contribution in [0.15, 0.2) is 18.5 Å². The highest BCUT2D eigenvalue weighted by Crippen LogP contribution is 2.02. The zero-order valence-electron chi connectivity index (χ0n) is 10.7. The van der Waals surface area contributed by atoms with Gasteiger partial charge in [-0.15, -0.1) is 0 Å². The van der Waals surface area contributed by atoms with Gasteiger partial charge in [-0.2, -0.15) is 0 Å². The highest BCUT2D eigenvalue weighted by Gasteiger charge is 2.06. The van der Waals surface area contributed by atoms with Crippen LogP contribution in [0.1, 0.15) is 36.2 Å². The number of carbonyl (C=O) groups is 1. The van der Waals surface area contributed by atoms with Crippen LogP contribution in [0.3, 0.4) is 0 Å². The van der Waals surface area contributed by atoms with Gasteiger partial charge in [0.2, 0.25) is 0 Å². The highest BCUT2D eigenvalue weighted by atomic mass is 16.2. The molecule has 1 heterocycles. The van der Waals surface area contributed by atoms with Crippen molar-refractivity contribution in [3.8, 4) is 11.8 Å². The minimum atomic E-state index is -0.137. The first-order chi connectivity index (χ1) is 8.63. The summed E-state index contributed by atoms with van der Waals surface area (Å²) in [6.45, 7) is 4.75. The molecule has 0 aromatic carbocycles. The average Bonchev–Trinajstić information content (AvgIpc) is 2.36. The Morgan fingerprint density at radius 3 is 2.94 bits per heavy atom. The first kappa shape index (κ1) is 14.2. The first-order valence-electron chi connectivity index (χ1n) is 5.96. The second-order valence-electron chi connectivity index (χ2n) is 4.34. The molecule has 1 rings (SSSR count). The number of aliphatic hydroxyl groups is 1. The number of hydrogen-bond donors (Lipinski definition) is 2. The molecule has 96 valence electrons. The van der Waals surface area contributed by atoms with Crippen molar-refractivity contribution < 1.29 is 9.90 Å². The molecular formula is C14H18N2O2. The van der Waals surface area contributed by atoms with Gasteiger partial charge >= 0.3 is 0 Å². The molecule has 0 spiro atoms. The zero-order chi connectivity index (χ0) is 13.4. The Balaban J connectivity index is 2.70. The predicted molar refractivity (Wildman–Crippen MR) is 70.0 cm³/mol. The lowest BCUT2D eigenvalue weighted by Gasteiger charge is -2.07. The van der Waals surface area contributed by atoms with Crippen LogP contribution < -0.4 is 5.32 Å². The quantitative estimate of drug-likeness (QED) is 0.785. The summed E-state index contributed by atoms with van der Waals surface area (Å²) >= 11 is 0. The predicted octanol–water partition coefficient (Wildman–Crippen LogP) is 1.20. The number of carbonyl (C=O) groups excluding carboxylic acids is 1. The molecule has 0 aliphatic rings. The van der Waals surface area contributed by atoms with E-state index in [1.807, 2.05) is 13.8 Å². The van der Waals surface area contributed by atoms with E-state index in [9.17, 15) is 4.79 Å². The molecule has 1 amide bonds. The van der Waals surface area contributed by atoms with Crippen molar-refractivity contribution in [2.45, 2.75) is 20.3 Å². The third-order valence-electron chi connectivity index (χ3n) is 2.14. The fourth-order valence-electron chi connectivity index (χ4n) is 1.25. The second kappa shape index (κ2) is 7.46. The van der Waals surface area contributed by atoms with Crippen molar-refractivity contribution in [3.63, 3.8) is 0 Å². The number of hydrogen-bond acceptors (Lipinski definition) is 3. The standard InChI is InChI=1S/C14H18N2O2/c1-11(2)8-16-14(18)13-7-12(9-15-10-13)5-3-4-6-17/h7,9-11,17H,4,6,8H2,1-2H3,(H,16,18). The van der Waals surface area contributed by atoms with Crippen molar-refractivity contribution in [2.24, 2.45) is 5.92 Å². The van der Waals surface area contributed by atoms with Crippen LogP contribution in [-0.4, -0.2) is 29.1 Å². The van der Waals surface area contributed by atoms with Crippen molar-refractivity contribution >= 4 is 5.91 Å². The maximum atomic E-state index is 11.8. The fraction of sp³-hybridized carbons (Fsp3) is 0.429. The van der Waals surface area contributed by atoms with E-state index < -0.39 is 0 Å². The van der Waals surface area contributed by atoms with E-state index in [4.69, 9.17) is 5.11 Å². The van der Waals surface area contributed by atoms with Crippen LogP contribution in [0.25, 0.3) is 0 Å². The average molecular weight is 246 g/mol. The number of rotatable bonds is 4. The molecule has 18 heavy (non-hydrogen) atoms. The van der Waals surface area contributed by atoms with Gasteiger partial charge in [0, 0.05) is 30.9 Å². The lowest BCUT2D eigenvalue weighted by Crippen LogP contribution is -2.27. The summed E-state index contributed by atoms with van der Waals surface area (Å²) in [6.07, 6.45) is 3.54. The van der Waals surface area contributed by atoms with Crippen LogP contribution >= 0.6 is 0 Å². The van der Waals surface area contributed by atoms with E-state index in [2.05, 4.69) is 22.1 Å².